The molecule has 0 aliphatic rings. The van der Waals surface area contributed by atoms with Crippen LogP contribution in [0.2, 0.25) is 0 Å². The Labute approximate surface area is 112 Å². The molecule has 0 aromatic carbocycles. The second kappa shape index (κ2) is 5.75. The average Bonchev–Trinajstić information content (AvgIpc) is 2.80. The van der Waals surface area contributed by atoms with Crippen LogP contribution >= 0.6 is 0 Å². The molecular weight excluding hydrogens is 242 g/mol. The van der Waals surface area contributed by atoms with E-state index in [0.717, 1.165) is 17.7 Å². The molecule has 2 heterocycles. The van der Waals surface area contributed by atoms with E-state index in [4.69, 9.17) is 10.5 Å². The summed E-state index contributed by atoms with van der Waals surface area (Å²) in [6, 6.07) is 5.53. The van der Waals surface area contributed by atoms with Gasteiger partial charge in [0.05, 0.1) is 19.3 Å². The van der Waals surface area contributed by atoms with Crippen LogP contribution in [0.3, 0.4) is 0 Å². The first-order valence-corrected chi connectivity index (χ1v) is 6.28. The minimum Gasteiger partial charge on any atom is -0.495 e. The molecule has 0 aliphatic carbocycles. The molecule has 5 heteroatoms. The lowest BCUT2D eigenvalue weighted by molar-refractivity contribution is -0.121. The maximum atomic E-state index is 11.4. The number of pyridine rings is 1. The lowest BCUT2D eigenvalue weighted by Crippen LogP contribution is -2.39. The molecule has 0 unspecified atom stereocenters. The van der Waals surface area contributed by atoms with Gasteiger partial charge in [-0.3, -0.25) is 4.79 Å². The minimum absolute atomic E-state index is 0.120. The van der Waals surface area contributed by atoms with Gasteiger partial charge in [-0.15, -0.1) is 0 Å². The van der Waals surface area contributed by atoms with Crippen molar-refractivity contribution in [1.82, 2.24) is 9.72 Å². The van der Waals surface area contributed by atoms with E-state index in [1.807, 2.05) is 35.0 Å². The molecule has 19 heavy (non-hydrogen) atoms. The monoisotopic (exact) mass is 261 g/mol. The zero-order valence-corrected chi connectivity index (χ0v) is 11.2. The van der Waals surface area contributed by atoms with Crippen LogP contribution in [-0.4, -0.2) is 30.0 Å². The van der Waals surface area contributed by atoms with Gasteiger partial charge in [0.15, 0.2) is 0 Å². The first-order chi connectivity index (χ1) is 9.11. The van der Waals surface area contributed by atoms with Crippen LogP contribution in [0.5, 0.6) is 5.75 Å². The molecule has 0 aliphatic heterocycles. The summed E-state index contributed by atoms with van der Waals surface area (Å²) in [6.45, 7) is 2.27. The number of hydrogen-bond donors (Lipinski definition) is 2. The smallest absolute Gasteiger partial charge is 0.236 e. The van der Waals surface area contributed by atoms with Gasteiger partial charge in [0.1, 0.15) is 5.75 Å². The van der Waals surface area contributed by atoms with Crippen molar-refractivity contribution in [3.05, 3.63) is 36.2 Å². The molecule has 5 nitrogen and oxygen atoms in total. The summed E-state index contributed by atoms with van der Waals surface area (Å²) in [5.41, 5.74) is 7.80. The summed E-state index contributed by atoms with van der Waals surface area (Å²) in [7, 11) is 1.65. The Kier molecular flexibility index (Phi) is 4.06. The van der Waals surface area contributed by atoms with E-state index < -0.39 is 6.04 Å². The Morgan fingerprint density at radius 1 is 1.47 bits per heavy atom. The Morgan fingerprint density at radius 2 is 2.26 bits per heavy atom. The van der Waals surface area contributed by atoms with Gasteiger partial charge in [0.2, 0.25) is 5.91 Å². The Hall–Kier alpha value is -2.01. The number of nitrogens with one attached hydrogen (secondary N) is 1. The predicted octanol–water partition coefficient (Wildman–Crippen LogP) is 0.954. The quantitative estimate of drug-likeness (QED) is 0.842. The number of nitrogens with zero attached hydrogens (tertiary/aromatic N) is 1. The molecule has 1 amide bonds. The van der Waals surface area contributed by atoms with Crippen molar-refractivity contribution in [2.75, 3.05) is 13.7 Å². The summed E-state index contributed by atoms with van der Waals surface area (Å²) in [5, 5.41) is 2.81. The molecule has 0 fully saturated rings. The fourth-order valence-corrected chi connectivity index (χ4v) is 1.96. The number of hydrogen-bond acceptors (Lipinski definition) is 3. The topological polar surface area (TPSA) is 68.8 Å². The Bertz CT molecular complexity index is 575. The minimum atomic E-state index is -0.463. The number of carbonyl (C=O) groups excluding carboxylic acids is 1. The Morgan fingerprint density at radius 3 is 2.95 bits per heavy atom. The van der Waals surface area contributed by atoms with E-state index in [9.17, 15) is 4.79 Å². The van der Waals surface area contributed by atoms with Gasteiger partial charge < -0.3 is 20.2 Å². The summed E-state index contributed by atoms with van der Waals surface area (Å²) in [5.74, 6) is 0.699. The number of ether oxygens (including phenoxy) is 1. The molecule has 2 aromatic heterocycles. The van der Waals surface area contributed by atoms with Crippen molar-refractivity contribution in [2.24, 2.45) is 5.73 Å². The summed E-state index contributed by atoms with van der Waals surface area (Å²) >= 11 is 0. The zero-order chi connectivity index (χ0) is 13.8. The van der Waals surface area contributed by atoms with E-state index in [1.165, 1.54) is 5.56 Å². The van der Waals surface area contributed by atoms with Crippen LogP contribution in [-0.2, 0) is 11.2 Å². The maximum Gasteiger partial charge on any atom is 0.236 e. The lowest BCUT2D eigenvalue weighted by Gasteiger charge is -2.07. The van der Waals surface area contributed by atoms with Crippen molar-refractivity contribution in [2.45, 2.75) is 19.4 Å². The van der Waals surface area contributed by atoms with Gasteiger partial charge in [-0.2, -0.15) is 0 Å². The molecule has 1 atom stereocenters. The number of fused-ring (bicyclic) bond motifs is 1. The molecule has 0 saturated carbocycles. The predicted molar refractivity (Wildman–Crippen MR) is 74.3 cm³/mol. The largest absolute Gasteiger partial charge is 0.495 e. The van der Waals surface area contributed by atoms with E-state index in [2.05, 4.69) is 5.32 Å². The average molecular weight is 261 g/mol. The maximum absolute atomic E-state index is 11.4. The van der Waals surface area contributed by atoms with Crippen molar-refractivity contribution < 1.29 is 9.53 Å². The summed E-state index contributed by atoms with van der Waals surface area (Å²) < 4.78 is 7.19. The SMILES string of the molecule is COc1ccc2c(CCNC(=O)[C@H](C)N)ccn2c1. The van der Waals surface area contributed by atoms with Crippen LogP contribution < -0.4 is 15.8 Å². The highest BCUT2D eigenvalue weighted by Crippen LogP contribution is 2.17. The number of amides is 1. The van der Waals surface area contributed by atoms with E-state index in [0.29, 0.717) is 6.54 Å². The van der Waals surface area contributed by atoms with Crippen LogP contribution in [0, 0.1) is 0 Å². The number of methoxy groups -OCH3 is 1. The van der Waals surface area contributed by atoms with Gasteiger partial charge in [-0.05, 0) is 37.1 Å². The molecule has 0 spiro atoms. The van der Waals surface area contributed by atoms with Gasteiger partial charge in [-0.1, -0.05) is 0 Å². The van der Waals surface area contributed by atoms with Crippen molar-refractivity contribution in [3.8, 4) is 5.75 Å². The zero-order valence-electron chi connectivity index (χ0n) is 11.2. The number of carbonyl (C=O) groups is 1. The first-order valence-electron chi connectivity index (χ1n) is 6.28. The van der Waals surface area contributed by atoms with E-state index in [-0.39, 0.29) is 5.91 Å². The highest BCUT2D eigenvalue weighted by atomic mass is 16.5. The van der Waals surface area contributed by atoms with Gasteiger partial charge in [0.25, 0.3) is 0 Å². The second-order valence-electron chi connectivity index (χ2n) is 4.53. The van der Waals surface area contributed by atoms with Crippen LogP contribution in [0.4, 0.5) is 0 Å². The highest BCUT2D eigenvalue weighted by molar-refractivity contribution is 5.80. The summed E-state index contributed by atoms with van der Waals surface area (Å²) in [4.78, 5) is 11.4. The van der Waals surface area contributed by atoms with Gasteiger partial charge in [0, 0.05) is 18.3 Å². The first kappa shape index (κ1) is 13.4. The van der Waals surface area contributed by atoms with Crippen LogP contribution in [0.1, 0.15) is 12.5 Å². The third kappa shape index (κ3) is 3.06. The number of rotatable bonds is 5. The number of aromatic nitrogens is 1. The molecule has 2 rings (SSSR count). The number of nitrogens with two attached hydrogens (primary N) is 1. The molecule has 0 radical (unpaired) electrons. The molecule has 0 saturated heterocycles. The van der Waals surface area contributed by atoms with Crippen LogP contribution in [0.15, 0.2) is 30.6 Å². The third-order valence-corrected chi connectivity index (χ3v) is 3.06. The van der Waals surface area contributed by atoms with E-state index >= 15 is 0 Å². The van der Waals surface area contributed by atoms with E-state index in [1.54, 1.807) is 14.0 Å². The fraction of sp³-hybridized carbons (Fsp3) is 0.357. The normalized spacial score (nSPS) is 12.4. The lowest BCUT2D eigenvalue weighted by atomic mass is 10.2. The highest BCUT2D eigenvalue weighted by Gasteiger charge is 2.07. The Balaban J connectivity index is 2.03. The van der Waals surface area contributed by atoms with Crippen molar-refractivity contribution in [1.29, 1.82) is 0 Å². The van der Waals surface area contributed by atoms with Gasteiger partial charge >= 0.3 is 0 Å². The summed E-state index contributed by atoms with van der Waals surface area (Å²) in [6.07, 6.45) is 4.70. The molecule has 3 N–H and O–H groups in total. The molecule has 102 valence electrons. The van der Waals surface area contributed by atoms with Crippen LogP contribution in [0.25, 0.3) is 5.52 Å². The standard InChI is InChI=1S/C14H19N3O2/c1-10(15)14(18)16-7-5-11-6-8-17-9-12(19-2)3-4-13(11)17/h3-4,6,8-10H,5,7,15H2,1-2H3,(H,16,18)/t10-/m0/s1. The second-order valence-corrected chi connectivity index (χ2v) is 4.53. The van der Waals surface area contributed by atoms with Crippen molar-refractivity contribution in [3.63, 3.8) is 0 Å². The van der Waals surface area contributed by atoms with Crippen molar-refractivity contribution >= 4 is 11.4 Å². The third-order valence-electron chi connectivity index (χ3n) is 3.06. The molecule has 0 bridgehead atoms. The van der Waals surface area contributed by atoms with Gasteiger partial charge in [-0.25, -0.2) is 0 Å². The molecular formula is C14H19N3O2. The fourth-order valence-electron chi connectivity index (χ4n) is 1.96. The molecule has 2 aromatic rings.